The zero-order valence-corrected chi connectivity index (χ0v) is 21.4. The highest BCUT2D eigenvalue weighted by Crippen LogP contribution is 2.33. The fourth-order valence-corrected chi connectivity index (χ4v) is 5.15. The van der Waals surface area contributed by atoms with E-state index in [0.29, 0.717) is 10.4 Å². The maximum Gasteiger partial charge on any atom is 0.349 e. The second kappa shape index (κ2) is 10.4. The van der Waals surface area contributed by atoms with Gasteiger partial charge < -0.3 is 10.1 Å². The van der Waals surface area contributed by atoms with Gasteiger partial charge in [-0.15, -0.1) is 11.3 Å². The Morgan fingerprint density at radius 3 is 2.42 bits per heavy atom. The summed E-state index contributed by atoms with van der Waals surface area (Å²) in [5, 5.41) is 19.2. The Balaban J connectivity index is 1.44. The minimum atomic E-state index is -1.31. The summed E-state index contributed by atoms with van der Waals surface area (Å²) < 4.78 is 7.48. The number of aromatic nitrogens is 2. The van der Waals surface area contributed by atoms with Gasteiger partial charge in [0.15, 0.2) is 0 Å². The van der Waals surface area contributed by atoms with Crippen LogP contribution in [0.2, 0.25) is 5.02 Å². The van der Waals surface area contributed by atoms with Gasteiger partial charge in [0.2, 0.25) is 6.10 Å². The Labute approximate surface area is 225 Å². The molecule has 0 spiro atoms. The summed E-state index contributed by atoms with van der Waals surface area (Å²) in [7, 11) is 0. The third kappa shape index (κ3) is 4.99. The minimum absolute atomic E-state index is 0.0619. The lowest BCUT2D eigenvalue weighted by atomic mass is 10.1. The molecular formula is C27H19ClN4O5S. The second-order valence-electron chi connectivity index (χ2n) is 8.27. The van der Waals surface area contributed by atoms with Crippen LogP contribution >= 0.6 is 22.9 Å². The Kier molecular flexibility index (Phi) is 6.91. The predicted octanol–water partition coefficient (Wildman–Crippen LogP) is 6.49. The number of ether oxygens (including phenoxy) is 1. The molecule has 38 heavy (non-hydrogen) atoms. The van der Waals surface area contributed by atoms with Crippen molar-refractivity contribution < 1.29 is 19.2 Å². The van der Waals surface area contributed by atoms with Crippen molar-refractivity contribution in [2.45, 2.75) is 13.0 Å². The van der Waals surface area contributed by atoms with Gasteiger partial charge in [-0.3, -0.25) is 14.9 Å². The number of esters is 1. The molecule has 2 aromatic heterocycles. The largest absolute Gasteiger partial charge is 0.443 e. The number of rotatable bonds is 7. The number of nitrogens with zero attached hydrogens (tertiary/aromatic N) is 3. The molecule has 9 nitrogen and oxygen atoms in total. The molecule has 3 aromatic carbocycles. The zero-order valence-electron chi connectivity index (χ0n) is 19.8. The number of nitrogens with one attached hydrogen (secondary N) is 1. The highest BCUT2D eigenvalue weighted by atomic mass is 35.5. The fraction of sp³-hybridized carbons (Fsp3) is 0.0741. The van der Waals surface area contributed by atoms with E-state index in [4.69, 9.17) is 16.3 Å². The van der Waals surface area contributed by atoms with E-state index in [1.54, 1.807) is 41.1 Å². The van der Waals surface area contributed by atoms with Crippen LogP contribution in [-0.4, -0.2) is 26.6 Å². The number of carbonyl (C=O) groups is 2. The molecule has 5 aromatic rings. The number of benzene rings is 3. The Morgan fingerprint density at radius 1 is 1.05 bits per heavy atom. The first-order valence-corrected chi connectivity index (χ1v) is 12.6. The summed E-state index contributed by atoms with van der Waals surface area (Å²) in [4.78, 5) is 38.2. The number of nitro benzene ring substituents is 1. The standard InChI is InChI=1S/C27H19ClN4O5S/c1-16-20-15-23(38-26(20)31(30-16)19-10-6-3-7-11-19)27(34)37-24(17-8-4-2-5-9-17)25(33)29-18-12-13-21(28)22(14-18)32(35)36/h2-15,24H,1H3,(H,29,33)/t24-/m0/s1. The first-order valence-electron chi connectivity index (χ1n) is 11.4. The van der Waals surface area contributed by atoms with Crippen molar-refractivity contribution in [1.29, 1.82) is 0 Å². The van der Waals surface area contributed by atoms with Gasteiger partial charge in [0, 0.05) is 22.7 Å². The van der Waals surface area contributed by atoms with E-state index in [2.05, 4.69) is 10.4 Å². The highest BCUT2D eigenvalue weighted by Gasteiger charge is 2.28. The summed E-state index contributed by atoms with van der Waals surface area (Å²) >= 11 is 7.09. The van der Waals surface area contributed by atoms with E-state index < -0.39 is 22.9 Å². The van der Waals surface area contributed by atoms with Gasteiger partial charge in [-0.25, -0.2) is 9.48 Å². The first-order chi connectivity index (χ1) is 18.3. The normalized spacial score (nSPS) is 11.7. The van der Waals surface area contributed by atoms with Gasteiger partial charge in [0.25, 0.3) is 11.6 Å². The molecular weight excluding hydrogens is 528 g/mol. The first kappa shape index (κ1) is 25.1. The van der Waals surface area contributed by atoms with Crippen LogP contribution < -0.4 is 5.32 Å². The molecule has 1 atom stereocenters. The molecule has 0 saturated carbocycles. The number of aryl methyl sites for hydroxylation is 1. The molecule has 2 heterocycles. The monoisotopic (exact) mass is 546 g/mol. The SMILES string of the molecule is Cc1nn(-c2ccccc2)c2sc(C(=O)O[C@H](C(=O)Nc3ccc(Cl)c([N+](=O)[O-])c3)c3ccccc3)cc12. The molecule has 0 aliphatic rings. The third-order valence-corrected chi connectivity index (χ3v) is 7.13. The van der Waals surface area contributed by atoms with Crippen LogP contribution in [-0.2, 0) is 9.53 Å². The number of para-hydroxylation sites is 1. The number of anilines is 1. The molecule has 5 rings (SSSR count). The number of halogens is 1. The van der Waals surface area contributed by atoms with Crippen LogP contribution in [0.15, 0.2) is 84.9 Å². The van der Waals surface area contributed by atoms with Crippen LogP contribution in [0.3, 0.4) is 0 Å². The van der Waals surface area contributed by atoms with Crippen molar-refractivity contribution in [1.82, 2.24) is 9.78 Å². The predicted molar refractivity (Wildman–Crippen MR) is 145 cm³/mol. The molecule has 190 valence electrons. The summed E-state index contributed by atoms with van der Waals surface area (Å²) in [6.45, 7) is 1.86. The van der Waals surface area contributed by atoms with Gasteiger partial charge in [0.05, 0.1) is 16.3 Å². The van der Waals surface area contributed by atoms with Gasteiger partial charge in [-0.05, 0) is 37.3 Å². The average Bonchev–Trinajstić information content (AvgIpc) is 3.49. The summed E-state index contributed by atoms with van der Waals surface area (Å²) in [6, 6.07) is 23.7. The van der Waals surface area contributed by atoms with E-state index in [9.17, 15) is 19.7 Å². The van der Waals surface area contributed by atoms with Crippen molar-refractivity contribution in [2.75, 3.05) is 5.32 Å². The topological polar surface area (TPSA) is 116 Å². The number of fused-ring (bicyclic) bond motifs is 1. The Morgan fingerprint density at radius 2 is 1.74 bits per heavy atom. The molecule has 0 aliphatic heterocycles. The van der Waals surface area contributed by atoms with Crippen LogP contribution in [0.5, 0.6) is 0 Å². The quantitative estimate of drug-likeness (QED) is 0.142. The molecule has 0 unspecified atom stereocenters. The highest BCUT2D eigenvalue weighted by molar-refractivity contribution is 7.20. The molecule has 0 radical (unpaired) electrons. The van der Waals surface area contributed by atoms with E-state index in [-0.39, 0.29) is 16.4 Å². The number of hydrogen-bond donors (Lipinski definition) is 1. The molecule has 1 N–H and O–H groups in total. The van der Waals surface area contributed by atoms with Crippen LogP contribution in [0, 0.1) is 17.0 Å². The summed E-state index contributed by atoms with van der Waals surface area (Å²) in [5.41, 5.74) is 1.83. The third-order valence-electron chi connectivity index (χ3n) is 5.72. The van der Waals surface area contributed by atoms with Crippen molar-refractivity contribution in [3.63, 3.8) is 0 Å². The van der Waals surface area contributed by atoms with Crippen molar-refractivity contribution in [2.24, 2.45) is 0 Å². The van der Waals surface area contributed by atoms with Crippen LogP contribution in [0.1, 0.15) is 27.0 Å². The lowest BCUT2D eigenvalue weighted by molar-refractivity contribution is -0.384. The maximum atomic E-state index is 13.3. The van der Waals surface area contributed by atoms with E-state index >= 15 is 0 Å². The fourth-order valence-electron chi connectivity index (χ4n) is 3.90. The van der Waals surface area contributed by atoms with Gasteiger partial charge in [-0.1, -0.05) is 60.1 Å². The minimum Gasteiger partial charge on any atom is -0.443 e. The number of thiophene rings is 1. The smallest absolute Gasteiger partial charge is 0.349 e. The number of amides is 1. The molecule has 0 aliphatic carbocycles. The lowest BCUT2D eigenvalue weighted by Gasteiger charge is -2.18. The van der Waals surface area contributed by atoms with Crippen molar-refractivity contribution in [3.8, 4) is 5.69 Å². The number of nitro groups is 1. The van der Waals surface area contributed by atoms with Gasteiger partial charge in [0.1, 0.15) is 14.7 Å². The summed E-state index contributed by atoms with van der Waals surface area (Å²) in [5.74, 6) is -1.36. The van der Waals surface area contributed by atoms with Gasteiger partial charge >= 0.3 is 5.97 Å². The average molecular weight is 547 g/mol. The molecule has 0 fully saturated rings. The molecule has 1 amide bonds. The van der Waals surface area contributed by atoms with E-state index in [1.165, 1.54) is 23.5 Å². The van der Waals surface area contributed by atoms with Crippen LogP contribution in [0.4, 0.5) is 11.4 Å². The number of hydrogen-bond acceptors (Lipinski definition) is 7. The number of carbonyl (C=O) groups excluding carboxylic acids is 2. The van der Waals surface area contributed by atoms with Crippen LogP contribution in [0.25, 0.3) is 15.9 Å². The zero-order chi connectivity index (χ0) is 26.8. The van der Waals surface area contributed by atoms with Crippen molar-refractivity contribution >= 4 is 56.4 Å². The molecule has 11 heteroatoms. The summed E-state index contributed by atoms with van der Waals surface area (Å²) in [6.07, 6.45) is -1.31. The van der Waals surface area contributed by atoms with E-state index in [0.717, 1.165) is 27.7 Å². The molecule has 0 bridgehead atoms. The van der Waals surface area contributed by atoms with Gasteiger partial charge in [-0.2, -0.15) is 5.10 Å². The molecule has 0 saturated heterocycles. The maximum absolute atomic E-state index is 13.3. The Hall–Kier alpha value is -4.54. The Bertz CT molecular complexity index is 1670. The lowest BCUT2D eigenvalue weighted by Crippen LogP contribution is -2.25. The van der Waals surface area contributed by atoms with Crippen molar-refractivity contribution in [3.05, 3.63) is 116 Å². The second-order valence-corrected chi connectivity index (χ2v) is 9.71. The van der Waals surface area contributed by atoms with E-state index in [1.807, 2.05) is 37.3 Å².